The highest BCUT2D eigenvalue weighted by atomic mass is 17.1. The number of carbonyl (C=O) groups excluding carboxylic acids is 2. The number of hydrogen-bond acceptors (Lipinski definition) is 5. The largest absolute Gasteiger partial charge is 0.368 e. The average Bonchev–Trinajstić information content (AvgIpc) is 2.05. The first-order valence-electron chi connectivity index (χ1n) is 3.20. The highest BCUT2D eigenvalue weighted by molar-refractivity contribution is 5.87. The molecule has 0 saturated carbocycles. The maximum Gasteiger partial charge on any atom is 0.368 e. The van der Waals surface area contributed by atoms with E-state index in [1.807, 2.05) is 6.92 Å². The number of nitrogens with one attached hydrogen (secondary N) is 1. The van der Waals surface area contributed by atoms with Crippen LogP contribution in [0.15, 0.2) is 11.6 Å². The van der Waals surface area contributed by atoms with Gasteiger partial charge in [0.2, 0.25) is 6.08 Å². The van der Waals surface area contributed by atoms with Gasteiger partial charge in [-0.05, 0) is 13.3 Å². The molecule has 2 N–H and O–H groups in total. The van der Waals surface area contributed by atoms with E-state index in [1.54, 1.807) is 13.0 Å². The smallest absolute Gasteiger partial charge is 0.296 e. The molecule has 0 spiro atoms. The fourth-order valence-corrected chi connectivity index (χ4v) is 0.462. The minimum atomic E-state index is -0.683. The lowest BCUT2D eigenvalue weighted by atomic mass is 10.2. The molecule has 68 valence electrons. The van der Waals surface area contributed by atoms with Crippen molar-refractivity contribution in [1.29, 1.82) is 5.41 Å². The van der Waals surface area contributed by atoms with E-state index in [0.717, 1.165) is 12.5 Å². The van der Waals surface area contributed by atoms with Crippen LogP contribution in [0.2, 0.25) is 0 Å². The number of rotatable bonds is 2. The summed E-state index contributed by atoms with van der Waals surface area (Å²) in [4.78, 5) is 22.2. The normalized spacial score (nSPS) is 9.08. The average molecular weight is 173 g/mol. The summed E-state index contributed by atoms with van der Waals surface area (Å²) in [5.41, 5.74) is 0.431. The molecule has 0 aliphatic carbocycles. The van der Waals surface area contributed by atoms with Gasteiger partial charge in [0.25, 0.3) is 0 Å². The van der Waals surface area contributed by atoms with Gasteiger partial charge in [-0.25, -0.2) is 15.0 Å². The summed E-state index contributed by atoms with van der Waals surface area (Å²) in [7, 11) is 0. The van der Waals surface area contributed by atoms with Crippen LogP contribution in [0.3, 0.4) is 0 Å². The minimum absolute atomic E-state index is 0.431. The van der Waals surface area contributed by atoms with Crippen molar-refractivity contribution in [2.75, 3.05) is 0 Å². The molecule has 0 aliphatic rings. The summed E-state index contributed by atoms with van der Waals surface area (Å²) in [6.07, 6.45) is 3.19. The van der Waals surface area contributed by atoms with E-state index in [0.29, 0.717) is 5.57 Å². The van der Waals surface area contributed by atoms with Gasteiger partial charge in [0.05, 0.1) is 0 Å². The number of hydrogen-bond donors (Lipinski definition) is 2. The van der Waals surface area contributed by atoms with Crippen LogP contribution in [0.1, 0.15) is 20.3 Å². The van der Waals surface area contributed by atoms with E-state index in [1.165, 1.54) is 0 Å². The highest BCUT2D eigenvalue weighted by Gasteiger charge is 2.01. The molecule has 0 fully saturated rings. The summed E-state index contributed by atoms with van der Waals surface area (Å²) < 4.78 is 0. The van der Waals surface area contributed by atoms with Gasteiger partial charge < -0.3 is 0 Å². The first-order chi connectivity index (χ1) is 5.63. The third-order valence-electron chi connectivity index (χ3n) is 0.915. The number of isocyanates is 1. The van der Waals surface area contributed by atoms with Crippen molar-refractivity contribution >= 4 is 12.0 Å². The second-order valence-electron chi connectivity index (χ2n) is 1.78. The second kappa shape index (κ2) is 9.55. The Balaban J connectivity index is 0. The fraction of sp³-hybridized carbons (Fsp3) is 0.429. The number of carbonyl (C=O) groups is 1. The van der Waals surface area contributed by atoms with Crippen molar-refractivity contribution in [3.05, 3.63) is 11.6 Å². The molecule has 0 rings (SSSR count). The molecule has 0 unspecified atom stereocenters. The zero-order chi connectivity index (χ0) is 9.98. The molecule has 0 aromatic heterocycles. The fourth-order valence-electron chi connectivity index (χ4n) is 0.462. The van der Waals surface area contributed by atoms with E-state index in [2.05, 4.69) is 4.89 Å². The molecule has 5 nitrogen and oxygen atoms in total. The van der Waals surface area contributed by atoms with Crippen molar-refractivity contribution in [2.24, 2.45) is 0 Å². The third kappa shape index (κ3) is 8.55. The van der Waals surface area contributed by atoms with Gasteiger partial charge >= 0.3 is 5.97 Å². The quantitative estimate of drug-likeness (QED) is 0.216. The zero-order valence-electron chi connectivity index (χ0n) is 6.96. The van der Waals surface area contributed by atoms with Crippen molar-refractivity contribution in [3.8, 4) is 0 Å². The SMILES string of the molecule is CCC=C(C)C(=O)OO.N=C=O. The lowest BCUT2D eigenvalue weighted by Gasteiger charge is -1.92. The van der Waals surface area contributed by atoms with Crippen LogP contribution in [-0.4, -0.2) is 17.3 Å². The Labute approximate surface area is 70.1 Å². The van der Waals surface area contributed by atoms with Gasteiger partial charge in [0, 0.05) is 5.57 Å². The lowest BCUT2D eigenvalue weighted by Crippen LogP contribution is -2.01. The molecule has 0 saturated heterocycles. The molecule has 0 radical (unpaired) electrons. The van der Waals surface area contributed by atoms with Crippen LogP contribution in [0.4, 0.5) is 0 Å². The molecule has 0 heterocycles. The minimum Gasteiger partial charge on any atom is -0.296 e. The first kappa shape index (κ1) is 13.2. The maximum atomic E-state index is 10.4. The third-order valence-corrected chi connectivity index (χ3v) is 0.915. The van der Waals surface area contributed by atoms with Crippen molar-refractivity contribution in [3.63, 3.8) is 0 Å². The Morgan fingerprint density at radius 2 is 2.17 bits per heavy atom. The van der Waals surface area contributed by atoms with Crippen LogP contribution in [0.25, 0.3) is 0 Å². The molecule has 12 heavy (non-hydrogen) atoms. The van der Waals surface area contributed by atoms with Crippen LogP contribution < -0.4 is 0 Å². The number of allylic oxidation sites excluding steroid dienone is 1. The molecular weight excluding hydrogens is 162 g/mol. The zero-order valence-corrected chi connectivity index (χ0v) is 6.96. The van der Waals surface area contributed by atoms with Gasteiger partial charge in [0.15, 0.2) is 0 Å². The summed E-state index contributed by atoms with van der Waals surface area (Å²) in [5, 5.41) is 13.2. The van der Waals surface area contributed by atoms with E-state index in [9.17, 15) is 4.79 Å². The van der Waals surface area contributed by atoms with Crippen LogP contribution in [0, 0.1) is 5.41 Å². The molecule has 0 aromatic rings. The summed E-state index contributed by atoms with van der Waals surface area (Å²) in [6, 6.07) is 0. The highest BCUT2D eigenvalue weighted by Crippen LogP contribution is 1.95. The van der Waals surface area contributed by atoms with Gasteiger partial charge in [-0.3, -0.25) is 4.89 Å². The van der Waals surface area contributed by atoms with Gasteiger partial charge in [-0.1, -0.05) is 13.0 Å². The van der Waals surface area contributed by atoms with Crippen molar-refractivity contribution in [2.45, 2.75) is 20.3 Å². The molecule has 0 aliphatic heterocycles. The summed E-state index contributed by atoms with van der Waals surface area (Å²) in [6.45, 7) is 3.48. The molecule has 0 atom stereocenters. The van der Waals surface area contributed by atoms with Gasteiger partial charge in [-0.15, -0.1) is 0 Å². The molecule has 0 bridgehead atoms. The molecular formula is C7H11NO4. The predicted octanol–water partition coefficient (Wildman–Crippen LogP) is 1.26. The Hall–Kier alpha value is -1.45. The Kier molecular flexibility index (Phi) is 10.5. The monoisotopic (exact) mass is 173 g/mol. The van der Waals surface area contributed by atoms with Crippen LogP contribution >= 0.6 is 0 Å². The van der Waals surface area contributed by atoms with Crippen LogP contribution in [-0.2, 0) is 14.5 Å². The topological polar surface area (TPSA) is 87.4 Å². The first-order valence-corrected chi connectivity index (χ1v) is 3.20. The molecule has 0 aromatic carbocycles. The Bertz CT molecular complexity index is 192. The molecule has 5 heteroatoms. The van der Waals surface area contributed by atoms with E-state index < -0.39 is 5.97 Å². The second-order valence-corrected chi connectivity index (χ2v) is 1.78. The van der Waals surface area contributed by atoms with Gasteiger partial charge in [-0.2, -0.15) is 5.26 Å². The Morgan fingerprint density at radius 3 is 2.42 bits per heavy atom. The Morgan fingerprint density at radius 1 is 1.75 bits per heavy atom. The maximum absolute atomic E-state index is 10.4. The standard InChI is InChI=1S/C6H10O3.CHNO/c1-3-4-5(2)6(7)9-8;2-1-3/h4,8H,3H2,1-2H3;2H. The van der Waals surface area contributed by atoms with E-state index in [4.69, 9.17) is 15.5 Å². The molecule has 0 amide bonds. The van der Waals surface area contributed by atoms with Crippen molar-refractivity contribution in [1.82, 2.24) is 0 Å². The summed E-state index contributed by atoms with van der Waals surface area (Å²) in [5.74, 6) is -0.683. The van der Waals surface area contributed by atoms with E-state index >= 15 is 0 Å². The van der Waals surface area contributed by atoms with Gasteiger partial charge in [0.1, 0.15) is 0 Å². The predicted molar refractivity (Wildman–Crippen MR) is 41.2 cm³/mol. The van der Waals surface area contributed by atoms with Crippen LogP contribution in [0.5, 0.6) is 0 Å². The van der Waals surface area contributed by atoms with E-state index in [-0.39, 0.29) is 0 Å². The lowest BCUT2D eigenvalue weighted by molar-refractivity contribution is -0.229. The van der Waals surface area contributed by atoms with Crippen molar-refractivity contribution < 1.29 is 19.7 Å². The summed E-state index contributed by atoms with van der Waals surface area (Å²) >= 11 is 0.